The van der Waals surface area contributed by atoms with Gasteiger partial charge in [0.1, 0.15) is 5.75 Å². The average molecular weight is 369 g/mol. The standard InChI is InChI=1S/C16H15BrClNO2/c1-10(2)21-15-7-6-11(17)8-14(15)16(20)19-13-5-3-4-12(18)9-13/h3-10H,1-2H3,(H,19,20). The smallest absolute Gasteiger partial charge is 0.259 e. The fourth-order valence-corrected chi connectivity index (χ4v) is 2.35. The van der Waals surface area contributed by atoms with Gasteiger partial charge in [-0.05, 0) is 50.2 Å². The molecule has 0 atom stereocenters. The summed E-state index contributed by atoms with van der Waals surface area (Å²) in [6, 6.07) is 12.4. The topological polar surface area (TPSA) is 38.3 Å². The molecule has 0 fully saturated rings. The summed E-state index contributed by atoms with van der Waals surface area (Å²) in [5, 5.41) is 3.39. The zero-order valence-electron chi connectivity index (χ0n) is 11.7. The van der Waals surface area contributed by atoms with Crippen LogP contribution in [0, 0.1) is 0 Å². The van der Waals surface area contributed by atoms with E-state index in [2.05, 4.69) is 21.2 Å². The lowest BCUT2D eigenvalue weighted by Crippen LogP contribution is -2.15. The number of carbonyl (C=O) groups excluding carboxylic acids is 1. The van der Waals surface area contributed by atoms with E-state index >= 15 is 0 Å². The number of carbonyl (C=O) groups is 1. The quantitative estimate of drug-likeness (QED) is 0.811. The van der Waals surface area contributed by atoms with Crippen molar-refractivity contribution in [1.29, 1.82) is 0 Å². The van der Waals surface area contributed by atoms with E-state index in [4.69, 9.17) is 16.3 Å². The largest absolute Gasteiger partial charge is 0.490 e. The van der Waals surface area contributed by atoms with E-state index in [1.54, 1.807) is 36.4 Å². The third-order valence-electron chi connectivity index (χ3n) is 2.63. The summed E-state index contributed by atoms with van der Waals surface area (Å²) in [6.45, 7) is 3.83. The van der Waals surface area contributed by atoms with Crippen molar-refractivity contribution in [2.45, 2.75) is 20.0 Å². The number of rotatable bonds is 4. The van der Waals surface area contributed by atoms with E-state index in [9.17, 15) is 4.79 Å². The van der Waals surface area contributed by atoms with Gasteiger partial charge in [-0.15, -0.1) is 0 Å². The Bertz CT molecular complexity index is 658. The summed E-state index contributed by atoms with van der Waals surface area (Å²) >= 11 is 9.29. The molecule has 0 saturated carbocycles. The molecule has 0 radical (unpaired) electrons. The van der Waals surface area contributed by atoms with Gasteiger partial charge in [0.25, 0.3) is 5.91 Å². The maximum Gasteiger partial charge on any atom is 0.259 e. The molecule has 1 amide bonds. The van der Waals surface area contributed by atoms with Crippen LogP contribution in [0.4, 0.5) is 5.69 Å². The third kappa shape index (κ3) is 4.48. The summed E-state index contributed by atoms with van der Waals surface area (Å²) in [7, 11) is 0. The van der Waals surface area contributed by atoms with Crippen LogP contribution in [-0.2, 0) is 0 Å². The zero-order chi connectivity index (χ0) is 15.4. The molecule has 0 aliphatic heterocycles. The Morgan fingerprint density at radius 1 is 1.24 bits per heavy atom. The molecule has 0 aliphatic carbocycles. The second-order valence-electron chi connectivity index (χ2n) is 4.77. The zero-order valence-corrected chi connectivity index (χ0v) is 14.0. The summed E-state index contributed by atoms with van der Waals surface area (Å²) in [6.07, 6.45) is -0.0103. The number of benzene rings is 2. The van der Waals surface area contributed by atoms with Crippen molar-refractivity contribution >= 4 is 39.1 Å². The van der Waals surface area contributed by atoms with Crippen molar-refractivity contribution in [3.05, 3.63) is 57.5 Å². The first-order valence-corrected chi connectivity index (χ1v) is 7.66. The summed E-state index contributed by atoms with van der Waals surface area (Å²) in [4.78, 5) is 12.4. The van der Waals surface area contributed by atoms with Gasteiger partial charge in [0, 0.05) is 15.2 Å². The van der Waals surface area contributed by atoms with Gasteiger partial charge in [-0.2, -0.15) is 0 Å². The molecule has 2 aromatic rings. The maximum atomic E-state index is 12.4. The lowest BCUT2D eigenvalue weighted by atomic mass is 10.1. The molecule has 2 aromatic carbocycles. The van der Waals surface area contributed by atoms with Crippen LogP contribution in [0.5, 0.6) is 5.75 Å². The van der Waals surface area contributed by atoms with Crippen LogP contribution in [-0.4, -0.2) is 12.0 Å². The van der Waals surface area contributed by atoms with Crippen LogP contribution in [0.1, 0.15) is 24.2 Å². The highest BCUT2D eigenvalue weighted by atomic mass is 79.9. The van der Waals surface area contributed by atoms with Crippen molar-refractivity contribution in [3.8, 4) is 5.75 Å². The van der Waals surface area contributed by atoms with E-state index in [1.165, 1.54) is 0 Å². The Hall–Kier alpha value is -1.52. The molecular formula is C16H15BrClNO2. The van der Waals surface area contributed by atoms with Crippen LogP contribution in [0.15, 0.2) is 46.9 Å². The first-order valence-electron chi connectivity index (χ1n) is 6.49. The van der Waals surface area contributed by atoms with Gasteiger partial charge >= 0.3 is 0 Å². The SMILES string of the molecule is CC(C)Oc1ccc(Br)cc1C(=O)Nc1cccc(Cl)c1. The van der Waals surface area contributed by atoms with Crippen molar-refractivity contribution in [2.24, 2.45) is 0 Å². The molecule has 0 aromatic heterocycles. The fourth-order valence-electron chi connectivity index (χ4n) is 1.80. The number of hydrogen-bond donors (Lipinski definition) is 1. The molecular weight excluding hydrogens is 354 g/mol. The molecule has 1 N–H and O–H groups in total. The molecule has 21 heavy (non-hydrogen) atoms. The number of amides is 1. The Labute approximate surface area is 137 Å². The number of anilines is 1. The highest BCUT2D eigenvalue weighted by molar-refractivity contribution is 9.10. The second kappa shape index (κ2) is 6.96. The summed E-state index contributed by atoms with van der Waals surface area (Å²) < 4.78 is 6.49. The minimum atomic E-state index is -0.241. The Balaban J connectivity index is 2.27. The normalized spacial score (nSPS) is 10.5. The van der Waals surface area contributed by atoms with Crippen LogP contribution in [0.3, 0.4) is 0 Å². The van der Waals surface area contributed by atoms with E-state index < -0.39 is 0 Å². The van der Waals surface area contributed by atoms with Gasteiger partial charge in [0.2, 0.25) is 0 Å². The molecule has 2 rings (SSSR count). The van der Waals surface area contributed by atoms with E-state index in [0.717, 1.165) is 4.47 Å². The third-order valence-corrected chi connectivity index (χ3v) is 3.36. The highest BCUT2D eigenvalue weighted by Crippen LogP contribution is 2.25. The molecule has 110 valence electrons. The molecule has 0 aliphatic rings. The van der Waals surface area contributed by atoms with Gasteiger partial charge in [-0.25, -0.2) is 0 Å². The minimum Gasteiger partial charge on any atom is -0.490 e. The van der Waals surface area contributed by atoms with Gasteiger partial charge in [0.15, 0.2) is 0 Å². The Morgan fingerprint density at radius 2 is 2.00 bits per heavy atom. The monoisotopic (exact) mass is 367 g/mol. The van der Waals surface area contributed by atoms with Crippen molar-refractivity contribution in [3.63, 3.8) is 0 Å². The molecule has 0 heterocycles. The van der Waals surface area contributed by atoms with Crippen molar-refractivity contribution < 1.29 is 9.53 Å². The van der Waals surface area contributed by atoms with Crippen LogP contribution in [0.25, 0.3) is 0 Å². The molecule has 0 saturated heterocycles. The Morgan fingerprint density at radius 3 is 2.67 bits per heavy atom. The van der Waals surface area contributed by atoms with Crippen LogP contribution < -0.4 is 10.1 Å². The Kier molecular flexibility index (Phi) is 5.26. The second-order valence-corrected chi connectivity index (χ2v) is 6.12. The van der Waals surface area contributed by atoms with Crippen LogP contribution in [0.2, 0.25) is 5.02 Å². The average Bonchev–Trinajstić information content (AvgIpc) is 2.40. The van der Waals surface area contributed by atoms with E-state index in [1.807, 2.05) is 19.9 Å². The first-order chi connectivity index (χ1) is 9.95. The van der Waals surface area contributed by atoms with Crippen molar-refractivity contribution in [2.75, 3.05) is 5.32 Å². The van der Waals surface area contributed by atoms with E-state index in [0.29, 0.717) is 22.0 Å². The number of ether oxygens (including phenoxy) is 1. The molecule has 5 heteroatoms. The van der Waals surface area contributed by atoms with Crippen LogP contribution >= 0.6 is 27.5 Å². The predicted octanol–water partition coefficient (Wildman–Crippen LogP) is 5.14. The summed E-state index contributed by atoms with van der Waals surface area (Å²) in [5.74, 6) is 0.307. The number of nitrogens with one attached hydrogen (secondary N) is 1. The van der Waals surface area contributed by atoms with Gasteiger partial charge in [-0.3, -0.25) is 4.79 Å². The molecule has 0 bridgehead atoms. The van der Waals surface area contributed by atoms with E-state index in [-0.39, 0.29) is 12.0 Å². The van der Waals surface area contributed by atoms with Crippen molar-refractivity contribution in [1.82, 2.24) is 0 Å². The molecule has 0 unspecified atom stereocenters. The molecule has 0 spiro atoms. The molecule has 3 nitrogen and oxygen atoms in total. The first kappa shape index (κ1) is 15.9. The fraction of sp³-hybridized carbons (Fsp3) is 0.188. The summed E-state index contributed by atoms with van der Waals surface area (Å²) in [5.41, 5.74) is 1.11. The van der Waals surface area contributed by atoms with Gasteiger partial charge in [-0.1, -0.05) is 33.6 Å². The van der Waals surface area contributed by atoms with Gasteiger partial charge < -0.3 is 10.1 Å². The highest BCUT2D eigenvalue weighted by Gasteiger charge is 2.14. The van der Waals surface area contributed by atoms with Gasteiger partial charge in [0.05, 0.1) is 11.7 Å². The maximum absolute atomic E-state index is 12.4. The lowest BCUT2D eigenvalue weighted by molar-refractivity contribution is 0.102. The predicted molar refractivity (Wildman–Crippen MR) is 89.3 cm³/mol. The number of halogens is 2. The number of hydrogen-bond acceptors (Lipinski definition) is 2. The lowest BCUT2D eigenvalue weighted by Gasteiger charge is -2.14. The minimum absolute atomic E-state index is 0.0103.